The van der Waals surface area contributed by atoms with Crippen molar-refractivity contribution in [3.63, 3.8) is 0 Å². The minimum absolute atomic E-state index is 0.0353. The number of ketones is 1. The molecule has 2 fully saturated rings. The third-order valence-corrected chi connectivity index (χ3v) is 16.9. The fraction of sp³-hybridized carbons (Fsp3) is 0.600. The van der Waals surface area contributed by atoms with Gasteiger partial charge in [0.05, 0.1) is 11.5 Å². The Bertz CT molecular complexity index is 1330. The molecule has 0 heterocycles. The number of methoxy groups -OCH3 is 1. The highest BCUT2D eigenvalue weighted by Gasteiger charge is 2.64. The van der Waals surface area contributed by atoms with Gasteiger partial charge in [-0.25, -0.2) is 4.79 Å². The van der Waals surface area contributed by atoms with E-state index in [1.165, 1.54) is 0 Å². The molecule has 0 amide bonds. The molecule has 2 aliphatic carbocycles. The van der Waals surface area contributed by atoms with Gasteiger partial charge < -0.3 is 18.6 Å². The van der Waals surface area contributed by atoms with Gasteiger partial charge in [-0.3, -0.25) is 4.79 Å². The van der Waals surface area contributed by atoms with Crippen LogP contribution < -0.4 is 10.4 Å². The monoisotopic (exact) mass is 662 g/mol. The summed E-state index contributed by atoms with van der Waals surface area (Å²) in [5, 5.41) is 1.90. The standard InChI is InChI=1S/C40H58O6Si/c1-11-24-40-25-23-29(3)39(9,36(40)42)33(26-38(8,12-2)35(30(40)4)44-28-43-10)46-34(41)27-45-47(37(5,6)7,31-19-15-13-16-20-31)32-21-17-14-18-22-32/h12-22,29-30,33,35H,2,11,23-28H2,1,3-10H3/t29?,30-,33+,35-,38+,39-,40+/m0/s1. The van der Waals surface area contributed by atoms with Gasteiger partial charge in [0.25, 0.3) is 8.32 Å². The van der Waals surface area contributed by atoms with Crippen molar-refractivity contribution in [2.24, 2.45) is 28.1 Å². The first kappa shape index (κ1) is 37.2. The van der Waals surface area contributed by atoms with Crippen LogP contribution in [-0.4, -0.2) is 52.8 Å². The Hall–Kier alpha value is -2.58. The third kappa shape index (κ3) is 6.58. The van der Waals surface area contributed by atoms with Crippen molar-refractivity contribution < 1.29 is 28.2 Å². The number of hydrogen-bond acceptors (Lipinski definition) is 6. The van der Waals surface area contributed by atoms with Crippen LogP contribution in [0.5, 0.6) is 0 Å². The van der Waals surface area contributed by atoms with Gasteiger partial charge in [0, 0.05) is 17.9 Å². The highest BCUT2D eigenvalue weighted by atomic mass is 28.4. The molecule has 0 radical (unpaired) electrons. The van der Waals surface area contributed by atoms with Gasteiger partial charge in [-0.2, -0.15) is 0 Å². The Kier molecular flexibility index (Phi) is 11.5. The lowest BCUT2D eigenvalue weighted by Gasteiger charge is -2.59. The van der Waals surface area contributed by atoms with Crippen molar-refractivity contribution in [3.8, 4) is 0 Å². The minimum atomic E-state index is -2.98. The maximum atomic E-state index is 15.0. The van der Waals surface area contributed by atoms with E-state index < -0.39 is 36.6 Å². The van der Waals surface area contributed by atoms with Gasteiger partial charge in [-0.1, -0.05) is 122 Å². The van der Waals surface area contributed by atoms with Crippen LogP contribution in [0.3, 0.4) is 0 Å². The van der Waals surface area contributed by atoms with Gasteiger partial charge in [-0.05, 0) is 59.9 Å². The Morgan fingerprint density at radius 3 is 2.09 bits per heavy atom. The number of hydrogen-bond donors (Lipinski definition) is 0. The zero-order valence-electron chi connectivity index (χ0n) is 30.3. The number of esters is 1. The first-order valence-electron chi connectivity index (χ1n) is 17.4. The van der Waals surface area contributed by atoms with Crippen molar-refractivity contribution in [1.82, 2.24) is 0 Å². The molecule has 7 heteroatoms. The van der Waals surface area contributed by atoms with Crippen molar-refractivity contribution in [2.45, 2.75) is 105 Å². The molecular weight excluding hydrogens is 605 g/mol. The van der Waals surface area contributed by atoms with Crippen LogP contribution in [0, 0.1) is 28.1 Å². The number of Topliss-reactive ketones (excluding diaryl/α,β-unsaturated/α-hetero) is 1. The molecule has 2 aromatic rings. The van der Waals surface area contributed by atoms with Crippen LogP contribution in [-0.2, 0) is 28.2 Å². The van der Waals surface area contributed by atoms with Crippen molar-refractivity contribution in [3.05, 3.63) is 73.3 Å². The molecule has 1 unspecified atom stereocenters. The van der Waals surface area contributed by atoms with Gasteiger partial charge in [0.15, 0.2) is 0 Å². The van der Waals surface area contributed by atoms with Crippen LogP contribution >= 0.6 is 0 Å². The smallest absolute Gasteiger partial charge is 0.331 e. The zero-order valence-corrected chi connectivity index (χ0v) is 31.3. The molecule has 0 spiro atoms. The second-order valence-corrected chi connectivity index (χ2v) is 19.9. The predicted octanol–water partition coefficient (Wildman–Crippen LogP) is 7.49. The predicted molar refractivity (Wildman–Crippen MR) is 191 cm³/mol. The fourth-order valence-electron chi connectivity index (χ4n) is 9.01. The first-order chi connectivity index (χ1) is 22.2. The fourth-order valence-corrected chi connectivity index (χ4v) is 13.5. The molecular formula is C40H58O6Si. The molecule has 0 saturated heterocycles. The largest absolute Gasteiger partial charge is 0.460 e. The minimum Gasteiger partial charge on any atom is -0.460 e. The third-order valence-electron chi connectivity index (χ3n) is 11.9. The lowest BCUT2D eigenvalue weighted by atomic mass is 9.46. The van der Waals surface area contributed by atoms with Gasteiger partial charge >= 0.3 is 5.97 Å². The van der Waals surface area contributed by atoms with E-state index in [0.29, 0.717) is 6.42 Å². The maximum absolute atomic E-state index is 15.0. The maximum Gasteiger partial charge on any atom is 0.331 e. The van der Waals surface area contributed by atoms with Crippen LogP contribution in [0.25, 0.3) is 0 Å². The average molecular weight is 663 g/mol. The molecule has 0 aromatic heterocycles. The topological polar surface area (TPSA) is 71.1 Å². The lowest BCUT2D eigenvalue weighted by Crippen LogP contribution is -2.67. The second kappa shape index (κ2) is 14.5. The molecule has 2 bridgehead atoms. The van der Waals surface area contributed by atoms with Gasteiger partial charge in [0.2, 0.25) is 0 Å². The van der Waals surface area contributed by atoms with Gasteiger partial charge in [0.1, 0.15) is 25.3 Å². The quantitative estimate of drug-likeness (QED) is 0.102. The molecule has 47 heavy (non-hydrogen) atoms. The number of fused-ring (bicyclic) bond motifs is 2. The molecule has 7 atom stereocenters. The summed E-state index contributed by atoms with van der Waals surface area (Å²) in [6.07, 6.45) is 4.61. The van der Waals surface area contributed by atoms with Crippen LogP contribution in [0.15, 0.2) is 73.3 Å². The molecule has 258 valence electrons. The van der Waals surface area contributed by atoms with E-state index in [4.69, 9.17) is 18.6 Å². The van der Waals surface area contributed by atoms with E-state index in [9.17, 15) is 4.79 Å². The summed E-state index contributed by atoms with van der Waals surface area (Å²) < 4.78 is 25.3. The second-order valence-electron chi connectivity index (χ2n) is 15.6. The summed E-state index contributed by atoms with van der Waals surface area (Å²) in [7, 11) is -1.36. The van der Waals surface area contributed by atoms with Crippen molar-refractivity contribution in [1.29, 1.82) is 0 Å². The van der Waals surface area contributed by atoms with Crippen LogP contribution in [0.1, 0.15) is 87.5 Å². The molecule has 4 rings (SSSR count). The summed E-state index contributed by atoms with van der Waals surface area (Å²) in [5.41, 5.74) is -2.06. The number of ether oxygens (including phenoxy) is 3. The number of carbonyl (C=O) groups excluding carboxylic acids is 2. The summed E-state index contributed by atoms with van der Waals surface area (Å²) in [5.74, 6) is -0.297. The molecule has 2 aliphatic rings. The van der Waals surface area contributed by atoms with E-state index in [1.54, 1.807) is 7.11 Å². The summed E-state index contributed by atoms with van der Waals surface area (Å²) in [6.45, 7) is 21.3. The normalized spacial score (nSPS) is 31.5. The number of rotatable bonds is 12. The van der Waals surface area contributed by atoms with E-state index in [-0.39, 0.29) is 42.2 Å². The highest BCUT2D eigenvalue weighted by molar-refractivity contribution is 6.99. The SMILES string of the molecule is C=C[C@]1(C)C[C@@H](OC(=O)CO[Si](c2ccccc2)(c2ccccc2)C(C)(C)C)[C@@]2(C)C(=O)[C@](CCC)(CCC2C)[C@@H](C)[C@@H]1OCOC. The van der Waals surface area contributed by atoms with E-state index in [0.717, 1.165) is 36.1 Å². The lowest BCUT2D eigenvalue weighted by molar-refractivity contribution is -0.206. The van der Waals surface area contributed by atoms with E-state index in [1.807, 2.05) is 49.4 Å². The summed E-state index contributed by atoms with van der Waals surface area (Å²) >= 11 is 0. The molecule has 2 aromatic carbocycles. The van der Waals surface area contributed by atoms with Crippen molar-refractivity contribution >= 4 is 30.4 Å². The van der Waals surface area contributed by atoms with Crippen molar-refractivity contribution in [2.75, 3.05) is 20.5 Å². The Morgan fingerprint density at radius 2 is 1.60 bits per heavy atom. The molecule has 0 aliphatic heterocycles. The highest BCUT2D eigenvalue weighted by Crippen LogP contribution is 2.60. The Morgan fingerprint density at radius 1 is 1.02 bits per heavy atom. The molecule has 6 nitrogen and oxygen atoms in total. The average Bonchev–Trinajstić information content (AvgIpc) is 3.05. The molecule has 0 N–H and O–H groups in total. The van der Waals surface area contributed by atoms with Gasteiger partial charge in [-0.15, -0.1) is 6.58 Å². The van der Waals surface area contributed by atoms with Crippen LogP contribution in [0.4, 0.5) is 0 Å². The summed E-state index contributed by atoms with van der Waals surface area (Å²) in [4.78, 5) is 29.2. The van der Waals surface area contributed by atoms with Crippen LogP contribution in [0.2, 0.25) is 5.04 Å². The Balaban J connectivity index is 1.76. The zero-order chi connectivity index (χ0) is 34.7. The van der Waals surface area contributed by atoms with E-state index in [2.05, 4.69) is 79.3 Å². The number of carbonyl (C=O) groups is 2. The van der Waals surface area contributed by atoms with E-state index >= 15 is 4.79 Å². The summed E-state index contributed by atoms with van der Waals surface area (Å²) in [6, 6.07) is 20.6. The number of benzene rings is 2. The first-order valence-corrected chi connectivity index (χ1v) is 19.3. The Labute approximate surface area is 284 Å². The molecule has 2 saturated carbocycles.